The first kappa shape index (κ1) is 24.6. The van der Waals surface area contributed by atoms with Crippen LogP contribution in [-0.2, 0) is 19.5 Å². The summed E-state index contributed by atoms with van der Waals surface area (Å²) in [6.07, 6.45) is -0.642. The van der Waals surface area contributed by atoms with E-state index in [0.29, 0.717) is 0 Å². The maximum atomic E-state index is 13.3. The van der Waals surface area contributed by atoms with Crippen LogP contribution in [0.5, 0.6) is 0 Å². The van der Waals surface area contributed by atoms with Crippen LogP contribution in [0.1, 0.15) is 5.56 Å². The van der Waals surface area contributed by atoms with Gasteiger partial charge in [-0.2, -0.15) is 4.31 Å². The van der Waals surface area contributed by atoms with Crippen LogP contribution < -0.4 is 0 Å². The van der Waals surface area contributed by atoms with E-state index in [-0.39, 0.29) is 11.4 Å². The van der Waals surface area contributed by atoms with Gasteiger partial charge in [-0.25, -0.2) is 8.42 Å². The summed E-state index contributed by atoms with van der Waals surface area (Å²) >= 11 is 0. The van der Waals surface area contributed by atoms with E-state index >= 15 is 0 Å². The molecule has 1 aromatic rings. The van der Waals surface area contributed by atoms with Gasteiger partial charge in [0.1, 0.15) is 14.2 Å². The number of ether oxygens (including phenoxy) is 2. The molecule has 28 heavy (non-hydrogen) atoms. The second kappa shape index (κ2) is 10.3. The zero-order valence-electron chi connectivity index (χ0n) is 17.5. The van der Waals surface area contributed by atoms with E-state index in [1.54, 1.807) is 12.1 Å². The predicted molar refractivity (Wildman–Crippen MR) is 114 cm³/mol. The maximum absolute atomic E-state index is 13.3. The predicted octanol–water partition coefficient (Wildman–Crippen LogP) is 2.40. The molecular formula is C20H31NO5SSi. The topological polar surface area (TPSA) is 76.1 Å². The molecule has 0 aliphatic rings. The minimum Gasteiger partial charge on any atom is -0.378 e. The van der Waals surface area contributed by atoms with Crippen molar-refractivity contribution in [3.05, 3.63) is 42.5 Å². The number of aliphatic hydroxyl groups is 1. The standard InChI is InChI=1S/C20H31NO5SSi/c1-8-18(19(22)13-14-28(5,6)7)21(15-20(25-3)26-4)27(23,24)17-11-9-16(2)10-12-17/h8-12,18-20,22H,1,15H2,2-7H3/t18-,19+/m0/s1. The summed E-state index contributed by atoms with van der Waals surface area (Å²) in [5.74, 6) is 2.80. The van der Waals surface area contributed by atoms with Gasteiger partial charge in [0.05, 0.1) is 17.5 Å². The van der Waals surface area contributed by atoms with Gasteiger partial charge in [-0.3, -0.25) is 0 Å². The zero-order chi connectivity index (χ0) is 21.5. The van der Waals surface area contributed by atoms with Gasteiger partial charge in [-0.1, -0.05) is 49.3 Å². The van der Waals surface area contributed by atoms with Crippen molar-refractivity contribution in [3.8, 4) is 11.5 Å². The zero-order valence-corrected chi connectivity index (χ0v) is 19.3. The number of nitrogens with zero attached hydrogens (tertiary/aromatic N) is 1. The Morgan fingerprint density at radius 2 is 1.75 bits per heavy atom. The molecule has 0 saturated carbocycles. The molecule has 0 fully saturated rings. The van der Waals surface area contributed by atoms with E-state index in [1.165, 1.54) is 32.4 Å². The molecule has 2 atom stereocenters. The van der Waals surface area contributed by atoms with Crippen molar-refractivity contribution in [2.75, 3.05) is 20.8 Å². The van der Waals surface area contributed by atoms with Crippen LogP contribution in [0.2, 0.25) is 19.6 Å². The second-order valence-corrected chi connectivity index (χ2v) is 14.1. The van der Waals surface area contributed by atoms with Gasteiger partial charge in [-0.05, 0) is 19.1 Å². The number of sulfonamides is 1. The lowest BCUT2D eigenvalue weighted by atomic mass is 10.1. The number of rotatable bonds is 9. The largest absolute Gasteiger partial charge is 0.378 e. The molecule has 0 unspecified atom stereocenters. The fraction of sp³-hybridized carbons (Fsp3) is 0.500. The molecule has 6 nitrogen and oxygen atoms in total. The van der Waals surface area contributed by atoms with Crippen LogP contribution in [0.25, 0.3) is 0 Å². The molecule has 1 N–H and O–H groups in total. The molecular weight excluding hydrogens is 394 g/mol. The molecule has 0 amide bonds. The van der Waals surface area contributed by atoms with Crippen molar-refractivity contribution in [2.45, 2.75) is 49.9 Å². The van der Waals surface area contributed by atoms with E-state index < -0.39 is 36.5 Å². The van der Waals surface area contributed by atoms with Crippen LogP contribution in [0.4, 0.5) is 0 Å². The molecule has 0 heterocycles. The first-order valence-electron chi connectivity index (χ1n) is 8.93. The highest BCUT2D eigenvalue weighted by atomic mass is 32.2. The van der Waals surface area contributed by atoms with Gasteiger partial charge < -0.3 is 14.6 Å². The Bertz CT molecular complexity index is 802. The summed E-state index contributed by atoms with van der Waals surface area (Å²) in [6.45, 7) is 11.6. The first-order valence-corrected chi connectivity index (χ1v) is 13.9. The number of methoxy groups -OCH3 is 2. The Kier molecular flexibility index (Phi) is 9.08. The average Bonchev–Trinajstić information content (AvgIpc) is 2.63. The normalized spacial score (nSPS) is 14.5. The van der Waals surface area contributed by atoms with Gasteiger partial charge in [0.2, 0.25) is 10.0 Å². The Labute approximate surface area is 170 Å². The van der Waals surface area contributed by atoms with Crippen molar-refractivity contribution in [3.63, 3.8) is 0 Å². The molecule has 0 spiro atoms. The van der Waals surface area contributed by atoms with Crippen molar-refractivity contribution in [1.82, 2.24) is 4.31 Å². The Hall–Kier alpha value is -1.47. The van der Waals surface area contributed by atoms with Gasteiger partial charge >= 0.3 is 0 Å². The minimum atomic E-state index is -3.96. The third kappa shape index (κ3) is 6.85. The van der Waals surface area contributed by atoms with Crippen molar-refractivity contribution >= 4 is 18.1 Å². The summed E-state index contributed by atoms with van der Waals surface area (Å²) in [7, 11) is -2.85. The number of aryl methyl sites for hydroxylation is 1. The Morgan fingerprint density at radius 1 is 1.21 bits per heavy atom. The number of hydrogen-bond acceptors (Lipinski definition) is 5. The third-order valence-corrected chi connectivity index (χ3v) is 6.75. The summed E-state index contributed by atoms with van der Waals surface area (Å²) < 4.78 is 38.2. The first-order chi connectivity index (χ1) is 13.0. The van der Waals surface area contributed by atoms with Gasteiger partial charge in [-0.15, -0.1) is 12.1 Å². The van der Waals surface area contributed by atoms with Crippen LogP contribution in [0.15, 0.2) is 41.8 Å². The van der Waals surface area contributed by atoms with Crippen LogP contribution in [0, 0.1) is 18.4 Å². The monoisotopic (exact) mass is 425 g/mol. The smallest absolute Gasteiger partial charge is 0.243 e. The maximum Gasteiger partial charge on any atom is 0.243 e. The summed E-state index contributed by atoms with van der Waals surface area (Å²) in [6, 6.07) is 5.56. The van der Waals surface area contributed by atoms with Gasteiger partial charge in [0.25, 0.3) is 0 Å². The summed E-state index contributed by atoms with van der Waals surface area (Å²) in [5, 5.41) is 10.6. The van der Waals surface area contributed by atoms with Gasteiger partial charge in [0, 0.05) is 14.2 Å². The molecule has 156 valence electrons. The van der Waals surface area contributed by atoms with Crippen LogP contribution >= 0.6 is 0 Å². The van der Waals surface area contributed by atoms with E-state index in [4.69, 9.17) is 9.47 Å². The molecule has 0 saturated heterocycles. The van der Waals surface area contributed by atoms with E-state index in [1.807, 2.05) is 26.6 Å². The van der Waals surface area contributed by atoms with Crippen molar-refractivity contribution < 1.29 is 23.0 Å². The van der Waals surface area contributed by atoms with Crippen LogP contribution in [-0.4, -0.2) is 65.1 Å². The highest BCUT2D eigenvalue weighted by Crippen LogP contribution is 2.22. The lowest BCUT2D eigenvalue weighted by Gasteiger charge is -2.32. The molecule has 0 aromatic heterocycles. The summed E-state index contributed by atoms with van der Waals surface area (Å²) in [4.78, 5) is 0.112. The van der Waals surface area contributed by atoms with Crippen LogP contribution in [0.3, 0.4) is 0 Å². The van der Waals surface area contributed by atoms with Crippen molar-refractivity contribution in [1.29, 1.82) is 0 Å². The summed E-state index contributed by atoms with van der Waals surface area (Å²) in [5.41, 5.74) is 4.02. The fourth-order valence-corrected chi connectivity index (χ4v) is 4.57. The molecule has 0 aliphatic carbocycles. The van der Waals surface area contributed by atoms with E-state index in [0.717, 1.165) is 9.87 Å². The number of benzene rings is 1. The van der Waals surface area contributed by atoms with Crippen molar-refractivity contribution in [2.24, 2.45) is 0 Å². The lowest BCUT2D eigenvalue weighted by Crippen LogP contribution is -2.49. The molecule has 1 rings (SSSR count). The molecule has 0 bridgehead atoms. The molecule has 0 aliphatic heterocycles. The number of hydrogen-bond donors (Lipinski definition) is 1. The lowest BCUT2D eigenvalue weighted by molar-refractivity contribution is -0.111. The Balaban J connectivity index is 3.41. The van der Waals surface area contributed by atoms with E-state index in [2.05, 4.69) is 18.0 Å². The second-order valence-electron chi connectivity index (χ2n) is 7.48. The molecule has 0 radical (unpaired) electrons. The Morgan fingerprint density at radius 3 is 2.18 bits per heavy atom. The molecule has 1 aromatic carbocycles. The highest BCUT2D eigenvalue weighted by Gasteiger charge is 2.35. The van der Waals surface area contributed by atoms with E-state index in [9.17, 15) is 13.5 Å². The number of aliphatic hydroxyl groups excluding tert-OH is 1. The third-order valence-electron chi connectivity index (χ3n) is 3.97. The minimum absolute atomic E-state index is 0.112. The fourth-order valence-electron chi connectivity index (χ4n) is 2.40. The molecule has 8 heteroatoms. The highest BCUT2D eigenvalue weighted by molar-refractivity contribution is 7.89. The van der Waals surface area contributed by atoms with Gasteiger partial charge in [0.15, 0.2) is 6.29 Å². The quantitative estimate of drug-likeness (QED) is 0.285. The average molecular weight is 426 g/mol. The SMILES string of the molecule is C=C[C@@H]([C@H](O)C#C[Si](C)(C)C)N(CC(OC)OC)S(=O)(=O)c1ccc(C)cc1.